The van der Waals surface area contributed by atoms with Crippen LogP contribution >= 0.6 is 11.3 Å². The maximum Gasteiger partial charge on any atom is 0.257 e. The van der Waals surface area contributed by atoms with Crippen molar-refractivity contribution in [2.45, 2.75) is 35.3 Å². The average Bonchev–Trinajstić information content (AvgIpc) is 3.41. The monoisotopic (exact) mass is 566 g/mol. The summed E-state index contributed by atoms with van der Waals surface area (Å²) in [5, 5.41) is 10.2. The molecule has 0 aliphatic carbocycles. The van der Waals surface area contributed by atoms with Crippen LogP contribution in [0.15, 0.2) is 83.8 Å². The summed E-state index contributed by atoms with van der Waals surface area (Å²) < 4.78 is 37.6. The molecule has 2 heterocycles. The molecule has 0 spiro atoms. The summed E-state index contributed by atoms with van der Waals surface area (Å²) in [4.78, 5) is 13.9. The fourth-order valence-electron chi connectivity index (χ4n) is 4.89. The molecule has 1 fully saturated rings. The topological polar surface area (TPSA) is 114 Å². The van der Waals surface area contributed by atoms with Gasteiger partial charge in [-0.3, -0.25) is 15.4 Å². The molecule has 1 amide bonds. The number of fused-ring (bicyclic) bond motifs is 1. The zero-order chi connectivity index (χ0) is 27.3. The standard InChI is InChI=1S/C29H30N2O6S2/c32-28(30-31-33)29(14-17-36-18-15-29)39(34,35)25-12-10-24(11-13-25)37-16-4-6-21-5-3-8-22(19-21)27-20-23-7-1-2-9-26(23)38-27/h1-3,5,7-13,19-20,31,33H,4,6,14-18H2,(H,30,32). The van der Waals surface area contributed by atoms with E-state index in [1.54, 1.807) is 29.1 Å². The van der Waals surface area contributed by atoms with Crippen LogP contribution < -0.4 is 15.8 Å². The lowest BCUT2D eigenvalue weighted by Gasteiger charge is -2.34. The second-order valence-electron chi connectivity index (χ2n) is 9.45. The molecule has 0 unspecified atom stereocenters. The number of hydrogen-bond acceptors (Lipinski definition) is 8. The molecule has 8 nitrogen and oxygen atoms in total. The highest BCUT2D eigenvalue weighted by atomic mass is 32.2. The van der Waals surface area contributed by atoms with Crippen LogP contribution in [0.5, 0.6) is 5.75 Å². The average molecular weight is 567 g/mol. The molecule has 1 aliphatic heterocycles. The van der Waals surface area contributed by atoms with Gasteiger partial charge < -0.3 is 9.47 Å². The van der Waals surface area contributed by atoms with E-state index in [1.165, 1.54) is 38.2 Å². The number of carbonyl (C=O) groups is 1. The number of nitrogens with one attached hydrogen (secondary N) is 2. The normalized spacial score (nSPS) is 15.2. The first-order valence-corrected chi connectivity index (χ1v) is 15.1. The van der Waals surface area contributed by atoms with Crippen molar-refractivity contribution >= 4 is 37.2 Å². The lowest BCUT2D eigenvalue weighted by Crippen LogP contribution is -2.57. The Kier molecular flexibility index (Phi) is 8.29. The summed E-state index contributed by atoms with van der Waals surface area (Å²) in [6.07, 6.45) is 1.63. The molecule has 0 radical (unpaired) electrons. The molecule has 3 N–H and O–H groups in total. The number of hydrazine groups is 1. The number of sulfone groups is 1. The minimum atomic E-state index is -4.06. The number of carbonyl (C=O) groups excluding carboxylic acids is 1. The van der Waals surface area contributed by atoms with Crippen LogP contribution in [0, 0.1) is 0 Å². The summed E-state index contributed by atoms with van der Waals surface area (Å²) in [7, 11) is -4.06. The molecular formula is C29H30N2O6S2. The van der Waals surface area contributed by atoms with Crippen molar-refractivity contribution in [1.29, 1.82) is 0 Å². The molecule has 1 aliphatic rings. The minimum Gasteiger partial charge on any atom is -0.494 e. The highest BCUT2D eigenvalue weighted by Gasteiger charge is 2.52. The summed E-state index contributed by atoms with van der Waals surface area (Å²) >= 11 is 1.79. The maximum atomic E-state index is 13.5. The quantitative estimate of drug-likeness (QED) is 0.185. The first-order chi connectivity index (χ1) is 18.9. The Morgan fingerprint density at radius 3 is 2.51 bits per heavy atom. The second kappa shape index (κ2) is 11.8. The molecule has 204 valence electrons. The smallest absolute Gasteiger partial charge is 0.257 e. The summed E-state index contributed by atoms with van der Waals surface area (Å²) in [5.74, 6) is -0.263. The predicted molar refractivity (Wildman–Crippen MR) is 151 cm³/mol. The van der Waals surface area contributed by atoms with Gasteiger partial charge in [0.1, 0.15) is 5.75 Å². The number of hydrogen-bond donors (Lipinski definition) is 3. The van der Waals surface area contributed by atoms with E-state index in [4.69, 9.17) is 14.7 Å². The molecule has 4 aromatic rings. The first-order valence-electron chi connectivity index (χ1n) is 12.8. The Bertz CT molecular complexity index is 1510. The third-order valence-corrected chi connectivity index (χ3v) is 10.7. The second-order valence-corrected chi connectivity index (χ2v) is 12.8. The Morgan fingerprint density at radius 2 is 1.77 bits per heavy atom. The summed E-state index contributed by atoms with van der Waals surface area (Å²) in [6.45, 7) is 0.740. The summed E-state index contributed by atoms with van der Waals surface area (Å²) in [5.41, 5.74) is 6.01. The first kappa shape index (κ1) is 27.3. The van der Waals surface area contributed by atoms with Gasteiger partial charge in [0.2, 0.25) is 0 Å². The van der Waals surface area contributed by atoms with E-state index in [1.807, 2.05) is 5.43 Å². The van der Waals surface area contributed by atoms with Crippen LogP contribution in [-0.4, -0.2) is 44.1 Å². The van der Waals surface area contributed by atoms with E-state index >= 15 is 0 Å². The Labute approximate surface area is 231 Å². The third kappa shape index (κ3) is 5.70. The molecule has 0 bridgehead atoms. The SMILES string of the molecule is O=C(NNO)C1(S(=O)(=O)c2ccc(OCCCc3cccc(-c4cc5ccccc5s4)c3)cc2)CCOCC1. The number of rotatable bonds is 10. The minimum absolute atomic E-state index is 0.00873. The van der Waals surface area contributed by atoms with Crippen LogP contribution in [0.25, 0.3) is 20.5 Å². The Morgan fingerprint density at radius 1 is 1.00 bits per heavy atom. The van der Waals surface area contributed by atoms with E-state index in [0.29, 0.717) is 12.4 Å². The number of benzene rings is 3. The van der Waals surface area contributed by atoms with Gasteiger partial charge in [-0.05, 0) is 78.6 Å². The number of ether oxygens (including phenoxy) is 2. The lowest BCUT2D eigenvalue weighted by molar-refractivity contribution is -0.130. The molecular weight excluding hydrogens is 536 g/mol. The van der Waals surface area contributed by atoms with Crippen molar-refractivity contribution in [2.24, 2.45) is 0 Å². The van der Waals surface area contributed by atoms with Gasteiger partial charge in [-0.2, -0.15) is 0 Å². The van der Waals surface area contributed by atoms with E-state index in [0.717, 1.165) is 12.8 Å². The Hall–Kier alpha value is -3.28. The van der Waals surface area contributed by atoms with Gasteiger partial charge >= 0.3 is 0 Å². The third-order valence-electron chi connectivity index (χ3n) is 7.05. The van der Waals surface area contributed by atoms with Crippen molar-refractivity contribution in [3.05, 3.63) is 84.4 Å². The van der Waals surface area contributed by atoms with Crippen LogP contribution in [0.4, 0.5) is 0 Å². The highest BCUT2D eigenvalue weighted by molar-refractivity contribution is 7.93. The molecule has 1 saturated heterocycles. The zero-order valence-electron chi connectivity index (χ0n) is 21.3. The number of amides is 1. The number of thiophene rings is 1. The van der Waals surface area contributed by atoms with Crippen LogP contribution in [0.2, 0.25) is 0 Å². The molecule has 0 atom stereocenters. The fraction of sp³-hybridized carbons (Fsp3) is 0.276. The van der Waals surface area contributed by atoms with Crippen LogP contribution in [0.1, 0.15) is 24.8 Å². The largest absolute Gasteiger partial charge is 0.494 e. The van der Waals surface area contributed by atoms with Crippen LogP contribution in [0.3, 0.4) is 0 Å². The molecule has 1 aromatic heterocycles. The van der Waals surface area contributed by atoms with Gasteiger partial charge in [-0.15, -0.1) is 16.9 Å². The molecule has 39 heavy (non-hydrogen) atoms. The van der Waals surface area contributed by atoms with E-state index in [-0.39, 0.29) is 31.0 Å². The van der Waals surface area contributed by atoms with Crippen molar-refractivity contribution in [3.8, 4) is 16.2 Å². The summed E-state index contributed by atoms with van der Waals surface area (Å²) in [6, 6.07) is 25.3. The lowest BCUT2D eigenvalue weighted by atomic mass is 9.98. The van der Waals surface area contributed by atoms with Gasteiger partial charge in [0, 0.05) is 22.8 Å². The van der Waals surface area contributed by atoms with Gasteiger partial charge in [0.05, 0.1) is 11.5 Å². The fourth-order valence-corrected chi connectivity index (χ4v) is 7.90. The highest BCUT2D eigenvalue weighted by Crippen LogP contribution is 2.36. The van der Waals surface area contributed by atoms with Gasteiger partial charge in [-0.25, -0.2) is 8.42 Å². The zero-order valence-corrected chi connectivity index (χ0v) is 22.9. The Balaban J connectivity index is 1.19. The van der Waals surface area contributed by atoms with Crippen molar-refractivity contribution < 1.29 is 27.9 Å². The predicted octanol–water partition coefficient (Wildman–Crippen LogP) is 4.91. The maximum absolute atomic E-state index is 13.5. The molecule has 0 saturated carbocycles. The van der Waals surface area contributed by atoms with Crippen LogP contribution in [-0.2, 0) is 25.8 Å². The van der Waals surface area contributed by atoms with E-state index < -0.39 is 20.5 Å². The van der Waals surface area contributed by atoms with Crippen molar-refractivity contribution in [3.63, 3.8) is 0 Å². The molecule has 3 aromatic carbocycles. The number of aryl methyl sites for hydroxylation is 1. The van der Waals surface area contributed by atoms with Gasteiger partial charge in [0.25, 0.3) is 5.91 Å². The van der Waals surface area contributed by atoms with E-state index in [2.05, 4.69) is 54.6 Å². The molecule has 5 rings (SSSR count). The van der Waals surface area contributed by atoms with Gasteiger partial charge in [0.15, 0.2) is 14.6 Å². The molecule has 10 heteroatoms. The van der Waals surface area contributed by atoms with Crippen molar-refractivity contribution in [1.82, 2.24) is 11.0 Å². The van der Waals surface area contributed by atoms with Gasteiger partial charge in [-0.1, -0.05) is 42.5 Å². The van der Waals surface area contributed by atoms with Crippen molar-refractivity contribution in [2.75, 3.05) is 19.8 Å². The van der Waals surface area contributed by atoms with E-state index in [9.17, 15) is 13.2 Å².